The lowest BCUT2D eigenvalue weighted by Gasteiger charge is -2.12. The maximum atomic E-state index is 6.11. The molecule has 106 valence electrons. The van der Waals surface area contributed by atoms with E-state index >= 15 is 0 Å². The molecule has 3 rings (SSSR count). The quantitative estimate of drug-likeness (QED) is 0.919. The number of aromatic nitrogens is 1. The smallest absolute Gasteiger partial charge is 0.230 e. The van der Waals surface area contributed by atoms with E-state index < -0.39 is 0 Å². The van der Waals surface area contributed by atoms with Crippen LogP contribution in [0.25, 0.3) is 11.1 Å². The molecule has 1 aliphatic carbocycles. The highest BCUT2D eigenvalue weighted by atomic mass is 35.5. The summed E-state index contributed by atoms with van der Waals surface area (Å²) >= 11 is 6.11. The molecule has 1 saturated carbocycles. The van der Waals surface area contributed by atoms with E-state index in [-0.39, 0.29) is 0 Å². The molecule has 5 heteroatoms. The van der Waals surface area contributed by atoms with Crippen LogP contribution >= 0.6 is 11.6 Å². The number of nitrogens with zero attached hydrogens (tertiary/aromatic N) is 1. The van der Waals surface area contributed by atoms with Crippen LogP contribution in [0.1, 0.15) is 37.3 Å². The van der Waals surface area contributed by atoms with E-state index in [0.29, 0.717) is 16.8 Å². The number of benzene rings is 1. The Hall–Kier alpha value is -1.68. The van der Waals surface area contributed by atoms with Crippen molar-refractivity contribution >= 4 is 17.5 Å². The fourth-order valence-electron chi connectivity index (χ4n) is 2.94. The summed E-state index contributed by atoms with van der Waals surface area (Å²) in [7, 11) is 1.63. The summed E-state index contributed by atoms with van der Waals surface area (Å²) in [5, 5.41) is 4.82. The highest BCUT2D eigenvalue weighted by Crippen LogP contribution is 2.44. The molecule has 1 aliphatic rings. The van der Waals surface area contributed by atoms with Crippen LogP contribution in [0.15, 0.2) is 22.7 Å². The molecule has 0 atom stereocenters. The van der Waals surface area contributed by atoms with Crippen LogP contribution in [0.5, 0.6) is 5.75 Å². The standard InChI is InChI=1S/C15H17ClN2O2/c1-19-12-7-6-10(16)8-11(12)13-14(18-20-15(13)17)9-4-2-3-5-9/h6-9H,2-5,17H2,1H3. The lowest BCUT2D eigenvalue weighted by atomic mass is 9.95. The number of halogens is 1. The van der Waals surface area contributed by atoms with Crippen molar-refractivity contribution in [3.63, 3.8) is 0 Å². The minimum atomic E-state index is 0.326. The van der Waals surface area contributed by atoms with Gasteiger partial charge in [-0.15, -0.1) is 0 Å². The maximum absolute atomic E-state index is 6.11. The van der Waals surface area contributed by atoms with Gasteiger partial charge in [0.1, 0.15) is 5.75 Å². The Bertz CT molecular complexity index is 618. The molecule has 0 aliphatic heterocycles. The summed E-state index contributed by atoms with van der Waals surface area (Å²) in [4.78, 5) is 0. The van der Waals surface area contributed by atoms with Crippen molar-refractivity contribution in [2.24, 2.45) is 0 Å². The van der Waals surface area contributed by atoms with Crippen LogP contribution in [-0.2, 0) is 0 Å². The molecule has 1 heterocycles. The van der Waals surface area contributed by atoms with Gasteiger partial charge in [-0.2, -0.15) is 0 Å². The third-order valence-corrected chi connectivity index (χ3v) is 4.15. The first-order valence-electron chi connectivity index (χ1n) is 6.79. The van der Waals surface area contributed by atoms with E-state index in [1.54, 1.807) is 13.2 Å². The Labute approximate surface area is 122 Å². The van der Waals surface area contributed by atoms with Gasteiger partial charge in [0.25, 0.3) is 0 Å². The number of nitrogen functional groups attached to an aromatic ring is 1. The minimum Gasteiger partial charge on any atom is -0.496 e. The van der Waals surface area contributed by atoms with Crippen LogP contribution < -0.4 is 10.5 Å². The van der Waals surface area contributed by atoms with Gasteiger partial charge in [0.15, 0.2) is 0 Å². The number of hydrogen-bond donors (Lipinski definition) is 1. The Balaban J connectivity index is 2.14. The van der Waals surface area contributed by atoms with Crippen LogP contribution in [0.4, 0.5) is 5.88 Å². The van der Waals surface area contributed by atoms with Gasteiger partial charge in [-0.3, -0.25) is 0 Å². The molecule has 0 unspecified atom stereocenters. The van der Waals surface area contributed by atoms with Crippen molar-refractivity contribution in [1.82, 2.24) is 5.16 Å². The van der Waals surface area contributed by atoms with Gasteiger partial charge in [-0.1, -0.05) is 29.6 Å². The predicted molar refractivity (Wildman–Crippen MR) is 79.1 cm³/mol. The fraction of sp³-hybridized carbons (Fsp3) is 0.400. The molecule has 1 aromatic carbocycles. The van der Waals surface area contributed by atoms with Gasteiger partial charge < -0.3 is 15.0 Å². The molecular formula is C15H17ClN2O2. The lowest BCUT2D eigenvalue weighted by Crippen LogP contribution is -1.98. The van der Waals surface area contributed by atoms with Crippen LogP contribution in [-0.4, -0.2) is 12.3 Å². The topological polar surface area (TPSA) is 61.3 Å². The van der Waals surface area contributed by atoms with Gasteiger partial charge >= 0.3 is 0 Å². The summed E-state index contributed by atoms with van der Waals surface area (Å²) in [6.45, 7) is 0. The third-order valence-electron chi connectivity index (χ3n) is 3.92. The van der Waals surface area contributed by atoms with Crippen molar-refractivity contribution in [3.05, 3.63) is 28.9 Å². The van der Waals surface area contributed by atoms with E-state index in [0.717, 1.165) is 35.4 Å². The van der Waals surface area contributed by atoms with Crippen LogP contribution in [0, 0.1) is 0 Å². The number of rotatable bonds is 3. The van der Waals surface area contributed by atoms with Crippen LogP contribution in [0.3, 0.4) is 0 Å². The summed E-state index contributed by atoms with van der Waals surface area (Å²) in [5.74, 6) is 1.46. The number of ether oxygens (including phenoxy) is 1. The molecule has 2 N–H and O–H groups in total. The number of hydrogen-bond acceptors (Lipinski definition) is 4. The monoisotopic (exact) mass is 292 g/mol. The van der Waals surface area contributed by atoms with Gasteiger partial charge in [0.2, 0.25) is 5.88 Å². The number of nitrogens with two attached hydrogens (primary N) is 1. The van der Waals surface area contributed by atoms with Gasteiger partial charge in [-0.05, 0) is 31.0 Å². The second kappa shape index (κ2) is 5.37. The van der Waals surface area contributed by atoms with Gasteiger partial charge in [-0.25, -0.2) is 0 Å². The van der Waals surface area contributed by atoms with Gasteiger partial charge in [0.05, 0.1) is 18.4 Å². The Morgan fingerprint density at radius 2 is 2.10 bits per heavy atom. The fourth-order valence-corrected chi connectivity index (χ4v) is 3.11. The molecule has 0 spiro atoms. The molecule has 1 fully saturated rings. The minimum absolute atomic E-state index is 0.326. The summed E-state index contributed by atoms with van der Waals surface area (Å²) in [6.07, 6.45) is 4.71. The maximum Gasteiger partial charge on any atom is 0.230 e. The highest BCUT2D eigenvalue weighted by molar-refractivity contribution is 6.31. The third kappa shape index (κ3) is 2.24. The number of anilines is 1. The summed E-state index contributed by atoms with van der Waals surface area (Å²) in [6, 6.07) is 5.48. The first kappa shape index (κ1) is 13.3. The molecule has 0 saturated heterocycles. The van der Waals surface area contributed by atoms with Crippen molar-refractivity contribution in [1.29, 1.82) is 0 Å². The van der Waals surface area contributed by atoms with Crippen LogP contribution in [0.2, 0.25) is 5.02 Å². The molecule has 0 radical (unpaired) electrons. The second-order valence-corrected chi connectivity index (χ2v) is 5.57. The van der Waals surface area contributed by atoms with Crippen molar-refractivity contribution < 1.29 is 9.26 Å². The first-order chi connectivity index (χ1) is 9.70. The zero-order chi connectivity index (χ0) is 14.1. The molecule has 1 aromatic heterocycles. The zero-order valence-electron chi connectivity index (χ0n) is 11.4. The SMILES string of the molecule is COc1ccc(Cl)cc1-c1c(C2CCCC2)noc1N. The van der Waals surface area contributed by atoms with Crippen molar-refractivity contribution in [3.8, 4) is 16.9 Å². The molecule has 0 amide bonds. The van der Waals surface area contributed by atoms with E-state index in [1.165, 1.54) is 12.8 Å². The normalized spacial score (nSPS) is 15.7. The number of methoxy groups -OCH3 is 1. The Kier molecular flexibility index (Phi) is 3.57. The summed E-state index contributed by atoms with van der Waals surface area (Å²) in [5.41, 5.74) is 8.60. The lowest BCUT2D eigenvalue weighted by molar-refractivity contribution is 0.416. The Morgan fingerprint density at radius 1 is 1.35 bits per heavy atom. The highest BCUT2D eigenvalue weighted by Gasteiger charge is 2.27. The molecule has 4 nitrogen and oxygen atoms in total. The van der Waals surface area contributed by atoms with E-state index in [2.05, 4.69) is 5.16 Å². The Morgan fingerprint density at radius 3 is 2.80 bits per heavy atom. The summed E-state index contributed by atoms with van der Waals surface area (Å²) < 4.78 is 10.6. The first-order valence-corrected chi connectivity index (χ1v) is 7.17. The zero-order valence-corrected chi connectivity index (χ0v) is 12.1. The largest absolute Gasteiger partial charge is 0.496 e. The molecule has 0 bridgehead atoms. The van der Waals surface area contributed by atoms with E-state index in [9.17, 15) is 0 Å². The molecular weight excluding hydrogens is 276 g/mol. The van der Waals surface area contributed by atoms with Crippen molar-refractivity contribution in [2.75, 3.05) is 12.8 Å². The van der Waals surface area contributed by atoms with E-state index in [4.69, 9.17) is 26.6 Å². The van der Waals surface area contributed by atoms with Crippen molar-refractivity contribution in [2.45, 2.75) is 31.6 Å². The predicted octanol–water partition coefficient (Wildman–Crippen LogP) is 4.24. The molecule has 2 aromatic rings. The van der Waals surface area contributed by atoms with E-state index in [1.807, 2.05) is 12.1 Å². The average Bonchev–Trinajstić information content (AvgIpc) is 3.07. The molecule has 20 heavy (non-hydrogen) atoms. The average molecular weight is 293 g/mol. The van der Waals surface area contributed by atoms with Gasteiger partial charge in [0, 0.05) is 16.5 Å². The second-order valence-electron chi connectivity index (χ2n) is 5.13.